The Labute approximate surface area is 279 Å². The molecule has 17 nitrogen and oxygen atoms in total. The van der Waals surface area contributed by atoms with E-state index in [-0.39, 0.29) is 35.2 Å². The molecular formula is C30H48N7O10P. The molecule has 18 heteroatoms. The normalized spacial score (nSPS) is 27.1. The second-order valence-electron chi connectivity index (χ2n) is 13.1. The number of nitrogens with two attached hydrogens (primary N) is 1. The zero-order valence-corrected chi connectivity index (χ0v) is 28.8. The minimum Gasteiger partial charge on any atom is -0.479 e. The fraction of sp³-hybridized carbons (Fsp3) is 0.767. The van der Waals surface area contributed by atoms with Crippen molar-refractivity contribution < 1.29 is 47.8 Å². The fourth-order valence-corrected chi connectivity index (χ4v) is 8.21. The second kappa shape index (κ2) is 15.3. The van der Waals surface area contributed by atoms with Gasteiger partial charge in [-0.1, -0.05) is 12.8 Å². The summed E-state index contributed by atoms with van der Waals surface area (Å²) in [6.07, 6.45) is 5.89. The third kappa shape index (κ3) is 8.26. The Bertz CT molecular complexity index is 1440. The molecule has 0 aromatic carbocycles. The summed E-state index contributed by atoms with van der Waals surface area (Å²) < 4.78 is 44.2. The number of anilines is 1. The van der Waals surface area contributed by atoms with Crippen molar-refractivity contribution in [3.63, 3.8) is 0 Å². The molecule has 2 aromatic rings. The Morgan fingerprint density at radius 2 is 1.58 bits per heavy atom. The van der Waals surface area contributed by atoms with Gasteiger partial charge in [0, 0.05) is 0 Å². The van der Waals surface area contributed by atoms with Gasteiger partial charge in [-0.2, -0.15) is 9.97 Å². The Morgan fingerprint density at radius 3 is 2.10 bits per heavy atom. The molecule has 3 heterocycles. The first-order valence-corrected chi connectivity index (χ1v) is 18.2. The van der Waals surface area contributed by atoms with Gasteiger partial charge >= 0.3 is 19.6 Å². The average Bonchev–Trinajstić information content (AvgIpc) is 3.57. The molecule has 0 unspecified atom stereocenters. The molecule has 48 heavy (non-hydrogen) atoms. The number of methoxy groups -OCH3 is 1. The third-order valence-corrected chi connectivity index (χ3v) is 11.1. The molecule has 3 aliphatic rings. The van der Waals surface area contributed by atoms with Gasteiger partial charge in [0.15, 0.2) is 17.4 Å². The van der Waals surface area contributed by atoms with Crippen LogP contribution in [-0.2, 0) is 32.9 Å². The predicted molar refractivity (Wildman–Crippen MR) is 172 cm³/mol. The van der Waals surface area contributed by atoms with E-state index in [9.17, 15) is 24.4 Å². The van der Waals surface area contributed by atoms with Gasteiger partial charge in [-0.15, -0.1) is 0 Å². The average molecular weight is 698 g/mol. The summed E-state index contributed by atoms with van der Waals surface area (Å²) in [7, 11) is -2.85. The standard InChI is InChI=1S/C30H48N7O10P/c1-17(26(39)45-19-11-7-5-8-12-19)35-48(42,36-18(2)27(40)46-20-13-9-6-10-14-20)44-15-21-23(38)30(3,41)28(47-21)37-16-32-22-24(37)33-29(31)34-25(22)43-4/h16-21,23,28,38,41H,5-15H2,1-4H3,(H2,31,33,34)(H2,35,36,42)/t17-,18-,21+,23+,28+,30+/m0/s1. The number of carbonyl (C=O) groups is 2. The Balaban J connectivity index is 1.31. The van der Waals surface area contributed by atoms with E-state index in [4.69, 9.17) is 29.2 Å². The lowest BCUT2D eigenvalue weighted by atomic mass is 9.96. The second-order valence-corrected chi connectivity index (χ2v) is 14.9. The highest BCUT2D eigenvalue weighted by atomic mass is 31.2. The van der Waals surface area contributed by atoms with Crippen molar-refractivity contribution in [2.75, 3.05) is 19.5 Å². The molecule has 268 valence electrons. The molecule has 2 aromatic heterocycles. The maximum Gasteiger partial charge on any atom is 0.342 e. The smallest absolute Gasteiger partial charge is 0.342 e. The van der Waals surface area contributed by atoms with Gasteiger partial charge in [0.2, 0.25) is 11.8 Å². The lowest BCUT2D eigenvalue weighted by Gasteiger charge is -2.29. The molecule has 5 rings (SSSR count). The first kappa shape index (κ1) is 36.4. The third-order valence-electron chi connectivity index (χ3n) is 9.13. The molecule has 6 N–H and O–H groups in total. The van der Waals surface area contributed by atoms with Crippen LogP contribution in [0.1, 0.15) is 91.2 Å². The highest BCUT2D eigenvalue weighted by Gasteiger charge is 2.54. The molecule has 2 aliphatic carbocycles. The summed E-state index contributed by atoms with van der Waals surface area (Å²) in [6, 6.07) is -2.18. The van der Waals surface area contributed by atoms with E-state index in [0.717, 1.165) is 64.2 Å². The summed E-state index contributed by atoms with van der Waals surface area (Å²) >= 11 is 0. The van der Waals surface area contributed by atoms with Crippen molar-refractivity contribution in [1.29, 1.82) is 0 Å². The first-order chi connectivity index (χ1) is 22.8. The van der Waals surface area contributed by atoms with E-state index in [2.05, 4.69) is 25.1 Å². The highest BCUT2D eigenvalue weighted by molar-refractivity contribution is 7.54. The van der Waals surface area contributed by atoms with Crippen LogP contribution in [0.4, 0.5) is 5.95 Å². The number of ether oxygens (including phenoxy) is 4. The number of nitrogens with one attached hydrogen (secondary N) is 2. The van der Waals surface area contributed by atoms with Crippen molar-refractivity contribution in [3.8, 4) is 5.88 Å². The molecule has 0 spiro atoms. The van der Waals surface area contributed by atoms with Crippen LogP contribution in [0.15, 0.2) is 6.33 Å². The van der Waals surface area contributed by atoms with E-state index >= 15 is 0 Å². The molecule has 0 radical (unpaired) electrons. The predicted octanol–water partition coefficient (Wildman–Crippen LogP) is 2.26. The zero-order valence-electron chi connectivity index (χ0n) is 27.9. The largest absolute Gasteiger partial charge is 0.479 e. The zero-order chi connectivity index (χ0) is 34.6. The van der Waals surface area contributed by atoms with Crippen LogP contribution in [0, 0.1) is 0 Å². The Hall–Kier alpha value is -2.92. The number of esters is 2. The number of carbonyl (C=O) groups excluding carboxylic acids is 2. The van der Waals surface area contributed by atoms with Crippen molar-refractivity contribution in [3.05, 3.63) is 6.33 Å². The Morgan fingerprint density at radius 1 is 1.04 bits per heavy atom. The number of fused-ring (bicyclic) bond motifs is 1. The van der Waals surface area contributed by atoms with Crippen LogP contribution < -0.4 is 20.6 Å². The number of rotatable bonds is 13. The number of nitrogens with zero attached hydrogens (tertiary/aromatic N) is 4. The van der Waals surface area contributed by atoms with Crippen molar-refractivity contribution >= 4 is 36.7 Å². The molecule has 6 atom stereocenters. The van der Waals surface area contributed by atoms with Gasteiger partial charge in [0.05, 0.1) is 20.0 Å². The van der Waals surface area contributed by atoms with Crippen LogP contribution in [0.2, 0.25) is 0 Å². The number of aliphatic hydroxyl groups is 2. The minimum atomic E-state index is -4.25. The monoisotopic (exact) mass is 697 g/mol. The summed E-state index contributed by atoms with van der Waals surface area (Å²) in [6.45, 7) is 3.81. The van der Waals surface area contributed by atoms with Crippen LogP contribution in [-0.4, -0.2) is 97.5 Å². The molecule has 1 saturated heterocycles. The topological polar surface area (TPSA) is 231 Å². The van der Waals surface area contributed by atoms with E-state index in [1.807, 2.05) is 0 Å². The van der Waals surface area contributed by atoms with Gasteiger partial charge < -0.3 is 39.4 Å². The van der Waals surface area contributed by atoms with Crippen LogP contribution in [0.3, 0.4) is 0 Å². The lowest BCUT2D eigenvalue weighted by molar-refractivity contribution is -0.152. The molecule has 1 aliphatic heterocycles. The first-order valence-electron chi connectivity index (χ1n) is 16.6. The summed E-state index contributed by atoms with van der Waals surface area (Å²) in [4.78, 5) is 38.5. The molecule has 0 amide bonds. The van der Waals surface area contributed by atoms with Crippen molar-refractivity contribution in [2.45, 2.75) is 133 Å². The molecule has 3 fully saturated rings. The molecule has 0 bridgehead atoms. The Kier molecular flexibility index (Phi) is 11.6. The number of hydrogen-bond acceptors (Lipinski definition) is 14. The van der Waals surface area contributed by atoms with Crippen LogP contribution in [0.25, 0.3) is 11.2 Å². The number of aromatic nitrogens is 4. The fourth-order valence-electron chi connectivity index (χ4n) is 6.40. The quantitative estimate of drug-likeness (QED) is 0.149. The minimum absolute atomic E-state index is 0.107. The van der Waals surface area contributed by atoms with E-state index in [1.54, 1.807) is 0 Å². The number of nitrogen functional groups attached to an aromatic ring is 1. The van der Waals surface area contributed by atoms with Crippen molar-refractivity contribution in [1.82, 2.24) is 29.7 Å². The summed E-state index contributed by atoms with van der Waals surface area (Å²) in [5.41, 5.74) is 4.37. The van der Waals surface area contributed by atoms with Gasteiger partial charge in [-0.25, -0.2) is 15.2 Å². The number of hydrogen-bond donors (Lipinski definition) is 5. The van der Waals surface area contributed by atoms with Crippen LogP contribution in [0.5, 0.6) is 5.88 Å². The molecular weight excluding hydrogens is 649 g/mol. The van der Waals surface area contributed by atoms with Gasteiger partial charge in [0.25, 0.3) is 0 Å². The number of imidazole rings is 1. The maximum atomic E-state index is 14.3. The number of aliphatic hydroxyl groups excluding tert-OH is 1. The maximum absolute atomic E-state index is 14.3. The van der Waals surface area contributed by atoms with E-state index in [0.29, 0.717) is 0 Å². The summed E-state index contributed by atoms with van der Waals surface area (Å²) in [5.74, 6) is -1.23. The van der Waals surface area contributed by atoms with Crippen LogP contribution >= 0.6 is 7.67 Å². The van der Waals surface area contributed by atoms with E-state index < -0.39 is 62.3 Å². The lowest BCUT2D eigenvalue weighted by Crippen LogP contribution is -2.46. The van der Waals surface area contributed by atoms with Gasteiger partial charge in [-0.05, 0) is 72.1 Å². The highest BCUT2D eigenvalue weighted by Crippen LogP contribution is 2.44. The molecule has 2 saturated carbocycles. The SMILES string of the molecule is COc1nc(N)nc2c1ncn2[C@@H]1O[C@H](COP(=O)(N[C@@H](C)C(=O)OC2CCCCC2)N[C@@H](C)C(=O)OC2CCCCC2)[C@@H](O)[C@@]1(C)O. The van der Waals surface area contributed by atoms with Gasteiger partial charge in [-0.3, -0.25) is 18.7 Å². The van der Waals surface area contributed by atoms with Gasteiger partial charge in [0.1, 0.15) is 42.1 Å². The van der Waals surface area contributed by atoms with E-state index in [1.165, 1.54) is 38.8 Å². The van der Waals surface area contributed by atoms with Crippen molar-refractivity contribution in [2.24, 2.45) is 0 Å². The summed E-state index contributed by atoms with van der Waals surface area (Å²) in [5, 5.41) is 27.9.